The van der Waals surface area contributed by atoms with Crippen LogP contribution < -0.4 is 0 Å². The van der Waals surface area contributed by atoms with E-state index in [0.29, 0.717) is 5.02 Å². The minimum Gasteiger partial charge on any atom is -0.224 e. The molecule has 1 rings (SSSR count). The van der Waals surface area contributed by atoms with Crippen LogP contribution in [-0.2, 0) is 9.84 Å². The largest absolute Gasteiger partial charge is 0.224 e. The Morgan fingerprint density at radius 3 is 1.77 bits per heavy atom. The predicted octanol–water partition coefficient (Wildman–Crippen LogP) is 3.05. The lowest BCUT2D eigenvalue weighted by Gasteiger charge is -2.04. The van der Waals surface area contributed by atoms with Crippen LogP contribution in [0.25, 0.3) is 0 Å². The monoisotopic (exact) mass is 258 g/mol. The zero-order valence-electron chi connectivity index (χ0n) is 6.51. The molecule has 6 heteroatoms. The zero-order chi connectivity index (χ0) is 10.2. The summed E-state index contributed by atoms with van der Waals surface area (Å²) in [6.07, 6.45) is 1.04. The van der Waals surface area contributed by atoms with Gasteiger partial charge in [-0.3, -0.25) is 0 Å². The molecular formula is C7H5Cl3O2S. The van der Waals surface area contributed by atoms with Crippen LogP contribution in [0, 0.1) is 0 Å². The Morgan fingerprint density at radius 1 is 1.08 bits per heavy atom. The van der Waals surface area contributed by atoms with Gasteiger partial charge in [-0.2, -0.15) is 0 Å². The molecule has 0 aromatic heterocycles. The van der Waals surface area contributed by atoms with Crippen LogP contribution in [0.2, 0.25) is 15.1 Å². The molecule has 0 saturated carbocycles. The highest BCUT2D eigenvalue weighted by molar-refractivity contribution is 7.91. The van der Waals surface area contributed by atoms with Gasteiger partial charge in [0.05, 0.1) is 10.0 Å². The molecule has 2 nitrogen and oxygen atoms in total. The molecule has 13 heavy (non-hydrogen) atoms. The molecule has 0 radical (unpaired) electrons. The summed E-state index contributed by atoms with van der Waals surface area (Å²) in [4.78, 5) is -0.0831. The van der Waals surface area contributed by atoms with Crippen molar-refractivity contribution in [1.29, 1.82) is 0 Å². The van der Waals surface area contributed by atoms with E-state index in [0.717, 1.165) is 6.26 Å². The maximum Gasteiger partial charge on any atom is 0.178 e. The molecule has 0 bridgehead atoms. The highest BCUT2D eigenvalue weighted by atomic mass is 35.5. The second-order valence-electron chi connectivity index (χ2n) is 2.47. The van der Waals surface area contributed by atoms with Crippen molar-refractivity contribution in [3.63, 3.8) is 0 Å². The topological polar surface area (TPSA) is 34.1 Å². The molecular weight excluding hydrogens is 255 g/mol. The molecule has 0 amide bonds. The normalized spacial score (nSPS) is 11.7. The fourth-order valence-corrected chi connectivity index (χ4v) is 3.37. The van der Waals surface area contributed by atoms with Gasteiger partial charge in [0.1, 0.15) is 4.90 Å². The summed E-state index contributed by atoms with van der Waals surface area (Å²) < 4.78 is 22.3. The Bertz CT molecular complexity index is 416. The average molecular weight is 260 g/mol. The first-order chi connectivity index (χ1) is 5.82. The molecule has 0 heterocycles. The molecule has 0 aliphatic rings. The van der Waals surface area contributed by atoms with E-state index in [1.165, 1.54) is 12.1 Å². The maximum absolute atomic E-state index is 11.2. The molecule has 0 spiro atoms. The van der Waals surface area contributed by atoms with E-state index >= 15 is 0 Å². The first kappa shape index (κ1) is 11.1. The Hall–Kier alpha value is 0.0400. The van der Waals surface area contributed by atoms with Crippen molar-refractivity contribution >= 4 is 44.6 Å². The summed E-state index contributed by atoms with van der Waals surface area (Å²) in [6, 6.07) is 2.68. The van der Waals surface area contributed by atoms with Crippen LogP contribution in [0.4, 0.5) is 0 Å². The van der Waals surface area contributed by atoms with E-state index in [-0.39, 0.29) is 14.9 Å². The summed E-state index contributed by atoms with van der Waals surface area (Å²) in [6.45, 7) is 0. The lowest BCUT2D eigenvalue weighted by molar-refractivity contribution is 0.602. The molecule has 0 fully saturated rings. The number of hydrogen-bond acceptors (Lipinski definition) is 2. The number of hydrogen-bond donors (Lipinski definition) is 0. The summed E-state index contributed by atoms with van der Waals surface area (Å²) in [5.41, 5.74) is 0. The van der Waals surface area contributed by atoms with Gasteiger partial charge < -0.3 is 0 Å². The quantitative estimate of drug-likeness (QED) is 0.777. The van der Waals surface area contributed by atoms with Gasteiger partial charge in [0.15, 0.2) is 9.84 Å². The second-order valence-corrected chi connectivity index (χ2v) is 5.67. The number of halogens is 3. The van der Waals surface area contributed by atoms with Gasteiger partial charge >= 0.3 is 0 Å². The Labute approximate surface area is 91.3 Å². The Kier molecular flexibility index (Phi) is 3.12. The first-order valence-electron chi connectivity index (χ1n) is 3.17. The SMILES string of the molecule is CS(=O)(=O)c1c(Cl)cc(Cl)cc1Cl. The molecule has 0 aliphatic heterocycles. The molecule has 0 atom stereocenters. The van der Waals surface area contributed by atoms with E-state index in [9.17, 15) is 8.42 Å². The molecule has 72 valence electrons. The average Bonchev–Trinajstić information content (AvgIpc) is 1.78. The minimum absolute atomic E-state index is 0.0417. The molecule has 0 saturated heterocycles. The van der Waals surface area contributed by atoms with Crippen LogP contribution in [0.3, 0.4) is 0 Å². The molecule has 0 N–H and O–H groups in total. The highest BCUT2D eigenvalue weighted by Crippen LogP contribution is 2.32. The van der Waals surface area contributed by atoms with Gasteiger partial charge in [-0.15, -0.1) is 0 Å². The molecule has 0 aliphatic carbocycles. The minimum atomic E-state index is -3.40. The Balaban J connectivity index is 3.57. The molecule has 0 unspecified atom stereocenters. The van der Waals surface area contributed by atoms with E-state index in [4.69, 9.17) is 34.8 Å². The van der Waals surface area contributed by atoms with Crippen molar-refractivity contribution < 1.29 is 8.42 Å². The van der Waals surface area contributed by atoms with Crippen molar-refractivity contribution in [1.82, 2.24) is 0 Å². The van der Waals surface area contributed by atoms with Gasteiger partial charge in [0.25, 0.3) is 0 Å². The van der Waals surface area contributed by atoms with Crippen LogP contribution in [-0.4, -0.2) is 14.7 Å². The molecule has 1 aromatic rings. The summed E-state index contributed by atoms with van der Waals surface area (Å²) in [5, 5.41) is 0.391. The van der Waals surface area contributed by atoms with Gasteiger partial charge in [-0.1, -0.05) is 34.8 Å². The summed E-state index contributed by atoms with van der Waals surface area (Å²) in [7, 11) is -3.40. The van der Waals surface area contributed by atoms with Crippen molar-refractivity contribution in [2.75, 3.05) is 6.26 Å². The smallest absolute Gasteiger partial charge is 0.178 e. The van der Waals surface area contributed by atoms with Crippen molar-refractivity contribution in [3.8, 4) is 0 Å². The third-order valence-corrected chi connectivity index (χ3v) is 3.55. The fourth-order valence-electron chi connectivity index (χ4n) is 0.883. The van der Waals surface area contributed by atoms with Gasteiger partial charge in [-0.25, -0.2) is 8.42 Å². The van der Waals surface area contributed by atoms with Crippen LogP contribution in [0.1, 0.15) is 0 Å². The Morgan fingerprint density at radius 2 is 1.46 bits per heavy atom. The van der Waals surface area contributed by atoms with Crippen molar-refractivity contribution in [3.05, 3.63) is 27.2 Å². The lowest BCUT2D eigenvalue weighted by Crippen LogP contribution is -1.99. The van der Waals surface area contributed by atoms with E-state index in [1.807, 2.05) is 0 Å². The van der Waals surface area contributed by atoms with Gasteiger partial charge in [0, 0.05) is 11.3 Å². The number of sulfone groups is 1. The van der Waals surface area contributed by atoms with Crippen LogP contribution >= 0.6 is 34.8 Å². The van der Waals surface area contributed by atoms with Crippen molar-refractivity contribution in [2.24, 2.45) is 0 Å². The van der Waals surface area contributed by atoms with E-state index in [1.54, 1.807) is 0 Å². The van der Waals surface area contributed by atoms with Crippen LogP contribution in [0.5, 0.6) is 0 Å². The van der Waals surface area contributed by atoms with E-state index in [2.05, 4.69) is 0 Å². The standard InChI is InChI=1S/C7H5Cl3O2S/c1-13(11,12)7-5(9)2-4(8)3-6(7)10/h2-3H,1H3. The fraction of sp³-hybridized carbons (Fsp3) is 0.143. The lowest BCUT2D eigenvalue weighted by atomic mass is 10.4. The second kappa shape index (κ2) is 3.65. The molecule has 1 aromatic carbocycles. The number of rotatable bonds is 1. The first-order valence-corrected chi connectivity index (χ1v) is 6.19. The van der Waals surface area contributed by atoms with Gasteiger partial charge in [-0.05, 0) is 12.1 Å². The van der Waals surface area contributed by atoms with Gasteiger partial charge in [0.2, 0.25) is 0 Å². The third kappa shape index (κ3) is 2.50. The van der Waals surface area contributed by atoms with E-state index < -0.39 is 9.84 Å². The summed E-state index contributed by atoms with van der Waals surface area (Å²) >= 11 is 17.0. The maximum atomic E-state index is 11.2. The third-order valence-electron chi connectivity index (χ3n) is 1.33. The van der Waals surface area contributed by atoms with Crippen molar-refractivity contribution in [2.45, 2.75) is 4.90 Å². The highest BCUT2D eigenvalue weighted by Gasteiger charge is 2.17. The van der Waals surface area contributed by atoms with Crippen LogP contribution in [0.15, 0.2) is 17.0 Å². The zero-order valence-corrected chi connectivity index (χ0v) is 9.60. The predicted molar refractivity (Wildman–Crippen MR) is 54.6 cm³/mol. The number of benzene rings is 1. The summed E-state index contributed by atoms with van der Waals surface area (Å²) in [5.74, 6) is 0.